The summed E-state index contributed by atoms with van der Waals surface area (Å²) in [5.74, 6) is 1.70. The monoisotopic (exact) mass is 277 g/mol. The number of hydrogen-bond donors (Lipinski definition) is 1. The molecule has 1 aromatic rings. The number of ether oxygens (including phenoxy) is 1. The van der Waals surface area contributed by atoms with Crippen LogP contribution in [0.25, 0.3) is 0 Å². The Morgan fingerprint density at radius 2 is 1.95 bits per heavy atom. The largest absolute Gasteiger partial charge is 0.497 e. The maximum Gasteiger partial charge on any atom is 0.119 e. The highest BCUT2D eigenvalue weighted by molar-refractivity contribution is 5.28. The maximum atomic E-state index is 5.31. The topological polar surface area (TPSA) is 21.3 Å². The van der Waals surface area contributed by atoms with Crippen LogP contribution in [0.2, 0.25) is 0 Å². The fraction of sp³-hybridized carbons (Fsp3) is 0.667. The molecule has 114 valence electrons. The summed E-state index contributed by atoms with van der Waals surface area (Å²) in [6.07, 6.45) is 9.30. The summed E-state index contributed by atoms with van der Waals surface area (Å²) in [6.45, 7) is 3.37. The second-order valence-electron chi connectivity index (χ2n) is 5.68. The molecule has 0 spiro atoms. The lowest BCUT2D eigenvalue weighted by Gasteiger charge is -2.17. The van der Waals surface area contributed by atoms with Gasteiger partial charge in [0, 0.05) is 0 Å². The fourth-order valence-corrected chi connectivity index (χ4v) is 2.73. The third kappa shape index (κ3) is 6.95. The van der Waals surface area contributed by atoms with E-state index in [1.54, 1.807) is 7.11 Å². The van der Waals surface area contributed by atoms with Crippen molar-refractivity contribution < 1.29 is 4.74 Å². The predicted octanol–water partition coefficient (Wildman–Crippen LogP) is 4.43. The van der Waals surface area contributed by atoms with Crippen molar-refractivity contribution in [2.24, 2.45) is 5.92 Å². The summed E-state index contributed by atoms with van der Waals surface area (Å²) in [4.78, 5) is 0. The van der Waals surface area contributed by atoms with Gasteiger partial charge in [-0.1, -0.05) is 51.2 Å². The first-order chi connectivity index (χ1) is 9.80. The van der Waals surface area contributed by atoms with Crippen molar-refractivity contribution in [2.75, 3.05) is 20.7 Å². The number of methoxy groups -OCH3 is 1. The number of unbranched alkanes of at least 4 members (excludes halogenated alkanes) is 4. The Balaban J connectivity index is 2.40. The van der Waals surface area contributed by atoms with Crippen molar-refractivity contribution in [3.8, 4) is 5.75 Å². The van der Waals surface area contributed by atoms with E-state index in [9.17, 15) is 0 Å². The lowest BCUT2D eigenvalue weighted by molar-refractivity contribution is 0.411. The van der Waals surface area contributed by atoms with Crippen LogP contribution in [-0.2, 0) is 6.42 Å². The zero-order valence-electron chi connectivity index (χ0n) is 13.5. The van der Waals surface area contributed by atoms with Gasteiger partial charge in [-0.25, -0.2) is 0 Å². The zero-order valence-corrected chi connectivity index (χ0v) is 13.5. The third-order valence-electron chi connectivity index (χ3n) is 3.87. The first-order valence-electron chi connectivity index (χ1n) is 8.07. The molecule has 0 aliphatic rings. The van der Waals surface area contributed by atoms with Crippen LogP contribution in [0.15, 0.2) is 24.3 Å². The van der Waals surface area contributed by atoms with Crippen molar-refractivity contribution >= 4 is 0 Å². The Kier molecular flexibility index (Phi) is 9.14. The van der Waals surface area contributed by atoms with E-state index in [-0.39, 0.29) is 0 Å². The van der Waals surface area contributed by atoms with Gasteiger partial charge in [0.2, 0.25) is 0 Å². The van der Waals surface area contributed by atoms with Crippen LogP contribution >= 0.6 is 0 Å². The van der Waals surface area contributed by atoms with E-state index in [0.29, 0.717) is 0 Å². The quantitative estimate of drug-likeness (QED) is 0.604. The molecular formula is C18H31NO. The minimum Gasteiger partial charge on any atom is -0.497 e. The molecule has 0 saturated carbocycles. The molecule has 1 unspecified atom stereocenters. The number of rotatable bonds is 11. The Morgan fingerprint density at radius 3 is 2.65 bits per heavy atom. The van der Waals surface area contributed by atoms with Gasteiger partial charge < -0.3 is 10.1 Å². The Morgan fingerprint density at radius 1 is 1.15 bits per heavy atom. The van der Waals surface area contributed by atoms with Crippen LogP contribution in [0.1, 0.15) is 51.0 Å². The van der Waals surface area contributed by atoms with Crippen LogP contribution in [0, 0.1) is 5.92 Å². The second-order valence-corrected chi connectivity index (χ2v) is 5.68. The molecule has 1 aromatic carbocycles. The molecule has 2 heteroatoms. The lowest BCUT2D eigenvalue weighted by Crippen LogP contribution is -2.20. The van der Waals surface area contributed by atoms with E-state index in [2.05, 4.69) is 37.5 Å². The number of nitrogens with one attached hydrogen (secondary N) is 1. The molecule has 0 heterocycles. The van der Waals surface area contributed by atoms with Gasteiger partial charge in [0.15, 0.2) is 0 Å². The molecular weight excluding hydrogens is 246 g/mol. The van der Waals surface area contributed by atoms with Crippen LogP contribution in [0.4, 0.5) is 0 Å². The molecule has 0 aromatic heterocycles. The van der Waals surface area contributed by atoms with Crippen LogP contribution < -0.4 is 10.1 Å². The van der Waals surface area contributed by atoms with Crippen LogP contribution in [0.5, 0.6) is 5.75 Å². The first kappa shape index (κ1) is 17.0. The van der Waals surface area contributed by atoms with Crippen molar-refractivity contribution in [1.29, 1.82) is 0 Å². The number of hydrogen-bond acceptors (Lipinski definition) is 2. The van der Waals surface area contributed by atoms with Crippen molar-refractivity contribution in [3.63, 3.8) is 0 Å². The summed E-state index contributed by atoms with van der Waals surface area (Å²) in [5, 5.41) is 3.34. The van der Waals surface area contributed by atoms with E-state index in [1.807, 2.05) is 6.07 Å². The lowest BCUT2D eigenvalue weighted by atomic mass is 9.93. The SMILES string of the molecule is CCCCCCCC(CNC)Cc1cccc(OC)c1. The second kappa shape index (κ2) is 10.7. The van der Waals surface area contributed by atoms with Gasteiger partial charge in [-0.05, 0) is 50.0 Å². The number of benzene rings is 1. The fourth-order valence-electron chi connectivity index (χ4n) is 2.73. The molecule has 0 radical (unpaired) electrons. The Bertz CT molecular complexity index is 351. The zero-order chi connectivity index (χ0) is 14.6. The minimum atomic E-state index is 0.730. The van der Waals surface area contributed by atoms with Crippen LogP contribution in [0.3, 0.4) is 0 Å². The molecule has 1 rings (SSSR count). The summed E-state index contributed by atoms with van der Waals surface area (Å²) in [5.41, 5.74) is 1.39. The van der Waals surface area contributed by atoms with Crippen molar-refractivity contribution in [1.82, 2.24) is 5.32 Å². The smallest absolute Gasteiger partial charge is 0.119 e. The highest BCUT2D eigenvalue weighted by Gasteiger charge is 2.09. The molecule has 0 fully saturated rings. The Hall–Kier alpha value is -1.02. The summed E-state index contributed by atoms with van der Waals surface area (Å²) < 4.78 is 5.31. The Labute approximate surface area is 124 Å². The van der Waals surface area contributed by atoms with Gasteiger partial charge >= 0.3 is 0 Å². The van der Waals surface area contributed by atoms with Crippen molar-refractivity contribution in [3.05, 3.63) is 29.8 Å². The predicted molar refractivity (Wildman–Crippen MR) is 87.5 cm³/mol. The van der Waals surface area contributed by atoms with Gasteiger partial charge in [0.1, 0.15) is 5.75 Å². The maximum absolute atomic E-state index is 5.31. The average Bonchev–Trinajstić information content (AvgIpc) is 2.47. The van der Waals surface area contributed by atoms with E-state index >= 15 is 0 Å². The normalized spacial score (nSPS) is 12.3. The molecule has 2 nitrogen and oxygen atoms in total. The highest BCUT2D eigenvalue weighted by atomic mass is 16.5. The van der Waals surface area contributed by atoms with Gasteiger partial charge in [-0.15, -0.1) is 0 Å². The van der Waals surface area contributed by atoms with Gasteiger partial charge in [0.05, 0.1) is 7.11 Å². The van der Waals surface area contributed by atoms with Gasteiger partial charge in [0.25, 0.3) is 0 Å². The summed E-state index contributed by atoms with van der Waals surface area (Å²) >= 11 is 0. The standard InChI is InChI=1S/C18H31NO/c1-4-5-6-7-8-10-17(15-19-2)13-16-11-9-12-18(14-16)20-3/h9,11-12,14,17,19H,4-8,10,13,15H2,1-3H3. The molecule has 0 saturated heterocycles. The molecule has 0 aliphatic heterocycles. The average molecular weight is 277 g/mol. The minimum absolute atomic E-state index is 0.730. The first-order valence-corrected chi connectivity index (χ1v) is 8.07. The van der Waals surface area contributed by atoms with E-state index in [1.165, 1.54) is 44.1 Å². The summed E-state index contributed by atoms with van der Waals surface area (Å²) in [6, 6.07) is 8.48. The van der Waals surface area contributed by atoms with Crippen LogP contribution in [-0.4, -0.2) is 20.7 Å². The molecule has 0 amide bonds. The highest BCUT2D eigenvalue weighted by Crippen LogP contribution is 2.19. The van der Waals surface area contributed by atoms with Gasteiger partial charge in [-0.2, -0.15) is 0 Å². The molecule has 0 bridgehead atoms. The molecule has 0 aliphatic carbocycles. The molecule has 1 N–H and O–H groups in total. The van der Waals surface area contributed by atoms with E-state index in [0.717, 1.165) is 24.6 Å². The summed E-state index contributed by atoms with van der Waals surface area (Å²) in [7, 11) is 3.79. The van der Waals surface area contributed by atoms with Crippen molar-refractivity contribution in [2.45, 2.75) is 51.9 Å². The molecule has 20 heavy (non-hydrogen) atoms. The third-order valence-corrected chi connectivity index (χ3v) is 3.87. The molecule has 1 atom stereocenters. The van der Waals surface area contributed by atoms with E-state index < -0.39 is 0 Å². The van der Waals surface area contributed by atoms with E-state index in [4.69, 9.17) is 4.74 Å². The van der Waals surface area contributed by atoms with Gasteiger partial charge in [-0.3, -0.25) is 0 Å².